The number of hydrogen-bond acceptors (Lipinski definition) is 7. The number of rotatable bonds is 4. The predicted molar refractivity (Wildman–Crippen MR) is 98.0 cm³/mol. The van der Waals surface area contributed by atoms with Gasteiger partial charge in [-0.3, -0.25) is 4.79 Å². The maximum Gasteiger partial charge on any atom is 0.259 e. The zero-order valence-electron chi connectivity index (χ0n) is 15.0. The number of nitrogens with zero attached hydrogens (tertiary/aromatic N) is 3. The molecule has 1 atom stereocenters. The second-order valence-corrected chi connectivity index (χ2v) is 8.86. The van der Waals surface area contributed by atoms with Crippen LogP contribution in [0.2, 0.25) is 0 Å². The van der Waals surface area contributed by atoms with Crippen LogP contribution in [0.25, 0.3) is 22.6 Å². The van der Waals surface area contributed by atoms with Crippen molar-refractivity contribution in [3.8, 4) is 11.5 Å². The van der Waals surface area contributed by atoms with Crippen LogP contribution in [0.5, 0.6) is 0 Å². The Kier molecular flexibility index (Phi) is 4.26. The third-order valence-electron chi connectivity index (χ3n) is 4.87. The molecule has 1 unspecified atom stereocenters. The average Bonchev–Trinajstić information content (AvgIpc) is 3.36. The van der Waals surface area contributed by atoms with Crippen molar-refractivity contribution in [1.82, 2.24) is 15.0 Å². The van der Waals surface area contributed by atoms with Gasteiger partial charge in [-0.15, -0.1) is 0 Å². The summed E-state index contributed by atoms with van der Waals surface area (Å²) in [6.45, 7) is 3.99. The van der Waals surface area contributed by atoms with E-state index in [0.29, 0.717) is 41.1 Å². The quantitative estimate of drug-likeness (QED) is 0.674. The summed E-state index contributed by atoms with van der Waals surface area (Å²) < 4.78 is 34.4. The van der Waals surface area contributed by atoms with Gasteiger partial charge in [-0.1, -0.05) is 5.16 Å². The van der Waals surface area contributed by atoms with Crippen LogP contribution >= 0.6 is 0 Å². The standard InChI is InChI=1S/C18H19N3O5S/c1-3-21(12-6-8-27(23,24)10-12)18(22)13-9-14(15-5-4-7-25-15)19-17-16(13)11(2)20-26-17/h4-5,7,9,12H,3,6,8,10H2,1-2H3. The van der Waals surface area contributed by atoms with E-state index in [-0.39, 0.29) is 29.2 Å². The molecule has 4 rings (SSSR count). The number of amides is 1. The first kappa shape index (κ1) is 17.7. The van der Waals surface area contributed by atoms with E-state index >= 15 is 0 Å². The van der Waals surface area contributed by atoms with E-state index < -0.39 is 9.84 Å². The molecule has 0 radical (unpaired) electrons. The van der Waals surface area contributed by atoms with Gasteiger partial charge in [0.05, 0.1) is 34.4 Å². The van der Waals surface area contributed by atoms with Crippen molar-refractivity contribution in [3.05, 3.63) is 35.7 Å². The molecule has 3 aromatic rings. The predicted octanol–water partition coefficient (Wildman–Crippen LogP) is 2.44. The molecule has 1 aliphatic rings. The van der Waals surface area contributed by atoms with Gasteiger partial charge in [-0.05, 0) is 38.5 Å². The number of hydrogen-bond donors (Lipinski definition) is 0. The fourth-order valence-electron chi connectivity index (χ4n) is 3.56. The molecule has 0 spiro atoms. The van der Waals surface area contributed by atoms with Gasteiger partial charge in [0.15, 0.2) is 15.6 Å². The minimum atomic E-state index is -3.10. The molecule has 0 aliphatic carbocycles. The van der Waals surface area contributed by atoms with E-state index in [2.05, 4.69) is 10.1 Å². The number of furan rings is 1. The Hall–Kier alpha value is -2.68. The van der Waals surface area contributed by atoms with Gasteiger partial charge >= 0.3 is 0 Å². The third-order valence-corrected chi connectivity index (χ3v) is 6.62. The Morgan fingerprint density at radius 1 is 1.41 bits per heavy atom. The molecule has 1 fully saturated rings. The van der Waals surface area contributed by atoms with Crippen molar-refractivity contribution in [2.75, 3.05) is 18.1 Å². The van der Waals surface area contributed by atoms with Crippen LogP contribution in [0, 0.1) is 6.92 Å². The van der Waals surface area contributed by atoms with Gasteiger partial charge < -0.3 is 13.8 Å². The summed E-state index contributed by atoms with van der Waals surface area (Å²) in [5, 5.41) is 4.47. The van der Waals surface area contributed by atoms with Crippen LogP contribution in [0.15, 0.2) is 33.4 Å². The summed E-state index contributed by atoms with van der Waals surface area (Å²) in [5.74, 6) is 0.351. The molecule has 142 valence electrons. The van der Waals surface area contributed by atoms with E-state index in [0.717, 1.165) is 0 Å². The Morgan fingerprint density at radius 3 is 2.85 bits per heavy atom. The molecule has 3 aromatic heterocycles. The lowest BCUT2D eigenvalue weighted by atomic mass is 10.1. The van der Waals surface area contributed by atoms with Crippen LogP contribution in [-0.2, 0) is 9.84 Å². The monoisotopic (exact) mass is 389 g/mol. The lowest BCUT2D eigenvalue weighted by molar-refractivity contribution is 0.0710. The molecule has 1 aliphatic heterocycles. The molecular weight excluding hydrogens is 370 g/mol. The molecule has 4 heterocycles. The first-order valence-electron chi connectivity index (χ1n) is 8.72. The first-order chi connectivity index (χ1) is 12.9. The van der Waals surface area contributed by atoms with Crippen LogP contribution in [-0.4, -0.2) is 53.5 Å². The lowest BCUT2D eigenvalue weighted by Crippen LogP contribution is -2.41. The molecule has 0 saturated carbocycles. The lowest BCUT2D eigenvalue weighted by Gasteiger charge is -2.27. The van der Waals surface area contributed by atoms with Crippen molar-refractivity contribution >= 4 is 26.8 Å². The Balaban J connectivity index is 1.81. The minimum absolute atomic E-state index is 0.00549. The average molecular weight is 389 g/mol. The second kappa shape index (κ2) is 6.49. The fraction of sp³-hybridized carbons (Fsp3) is 0.389. The summed E-state index contributed by atoms with van der Waals surface area (Å²) in [4.78, 5) is 19.4. The summed E-state index contributed by atoms with van der Waals surface area (Å²) >= 11 is 0. The van der Waals surface area contributed by atoms with E-state index in [1.165, 1.54) is 6.26 Å². The number of aromatic nitrogens is 2. The summed E-state index contributed by atoms with van der Waals surface area (Å²) in [6, 6.07) is 4.80. The Bertz CT molecular complexity index is 1100. The zero-order valence-corrected chi connectivity index (χ0v) is 15.8. The van der Waals surface area contributed by atoms with Gasteiger partial charge in [0, 0.05) is 12.6 Å². The highest BCUT2D eigenvalue weighted by molar-refractivity contribution is 7.91. The molecule has 27 heavy (non-hydrogen) atoms. The van der Waals surface area contributed by atoms with Crippen LogP contribution in [0.3, 0.4) is 0 Å². The zero-order chi connectivity index (χ0) is 19.2. The van der Waals surface area contributed by atoms with Crippen molar-refractivity contribution in [2.24, 2.45) is 0 Å². The van der Waals surface area contributed by atoms with Gasteiger partial charge in [-0.25, -0.2) is 13.4 Å². The maximum absolute atomic E-state index is 13.4. The van der Waals surface area contributed by atoms with Gasteiger partial charge in [0.25, 0.3) is 11.6 Å². The fourth-order valence-corrected chi connectivity index (χ4v) is 5.29. The van der Waals surface area contributed by atoms with Crippen molar-refractivity contribution in [1.29, 1.82) is 0 Å². The van der Waals surface area contributed by atoms with Gasteiger partial charge in [0.1, 0.15) is 5.69 Å². The van der Waals surface area contributed by atoms with E-state index in [1.54, 1.807) is 30.0 Å². The van der Waals surface area contributed by atoms with Crippen LogP contribution < -0.4 is 0 Å². The summed E-state index contributed by atoms with van der Waals surface area (Å²) in [7, 11) is -3.10. The molecule has 1 saturated heterocycles. The van der Waals surface area contributed by atoms with E-state index in [9.17, 15) is 13.2 Å². The molecule has 1 amide bonds. The number of aryl methyl sites for hydroxylation is 1. The largest absolute Gasteiger partial charge is 0.463 e. The van der Waals surface area contributed by atoms with Crippen molar-refractivity contribution in [2.45, 2.75) is 26.3 Å². The Labute approximate surface area is 156 Å². The number of pyridine rings is 1. The molecule has 0 bridgehead atoms. The van der Waals surface area contributed by atoms with Gasteiger partial charge in [0.2, 0.25) is 0 Å². The van der Waals surface area contributed by atoms with Crippen molar-refractivity contribution < 1.29 is 22.2 Å². The molecule has 8 nitrogen and oxygen atoms in total. The third kappa shape index (κ3) is 3.12. The summed E-state index contributed by atoms with van der Waals surface area (Å²) in [6.07, 6.45) is 1.97. The first-order valence-corrected chi connectivity index (χ1v) is 10.5. The smallest absolute Gasteiger partial charge is 0.259 e. The number of fused-ring (bicyclic) bond motifs is 1. The topological polar surface area (TPSA) is 107 Å². The number of carbonyl (C=O) groups is 1. The molecule has 9 heteroatoms. The second-order valence-electron chi connectivity index (χ2n) is 6.63. The SMILES string of the molecule is CCN(C(=O)c1cc(-c2ccco2)nc2onc(C)c12)C1CCS(=O)(=O)C1. The maximum atomic E-state index is 13.4. The van der Waals surface area contributed by atoms with Crippen LogP contribution in [0.4, 0.5) is 0 Å². The summed E-state index contributed by atoms with van der Waals surface area (Å²) in [5.41, 5.74) is 1.65. The number of carbonyl (C=O) groups excluding carboxylic acids is 1. The van der Waals surface area contributed by atoms with E-state index in [1.807, 2.05) is 6.92 Å². The highest BCUT2D eigenvalue weighted by Crippen LogP contribution is 2.29. The molecule has 0 aromatic carbocycles. The molecular formula is C18H19N3O5S. The highest BCUT2D eigenvalue weighted by Gasteiger charge is 2.35. The van der Waals surface area contributed by atoms with Gasteiger partial charge in [-0.2, -0.15) is 0 Å². The molecule has 0 N–H and O–H groups in total. The van der Waals surface area contributed by atoms with Crippen LogP contribution in [0.1, 0.15) is 29.4 Å². The highest BCUT2D eigenvalue weighted by atomic mass is 32.2. The van der Waals surface area contributed by atoms with E-state index in [4.69, 9.17) is 8.94 Å². The Morgan fingerprint density at radius 2 is 2.22 bits per heavy atom. The van der Waals surface area contributed by atoms with Crippen molar-refractivity contribution in [3.63, 3.8) is 0 Å². The number of sulfone groups is 1. The minimum Gasteiger partial charge on any atom is -0.463 e. The normalized spacial score (nSPS) is 18.8.